The lowest BCUT2D eigenvalue weighted by Crippen LogP contribution is -2.31. The fourth-order valence-electron chi connectivity index (χ4n) is 1.95. The van der Waals surface area contributed by atoms with Crippen molar-refractivity contribution in [3.05, 3.63) is 29.8 Å². The number of ether oxygens (including phenoxy) is 1. The van der Waals surface area contributed by atoms with Crippen LogP contribution in [0.3, 0.4) is 0 Å². The predicted molar refractivity (Wildman–Crippen MR) is 72.8 cm³/mol. The van der Waals surface area contributed by atoms with Gasteiger partial charge >= 0.3 is 0 Å². The molecule has 1 amide bonds. The zero-order chi connectivity index (χ0) is 15.3. The van der Waals surface area contributed by atoms with E-state index < -0.39 is 11.6 Å². The lowest BCUT2D eigenvalue weighted by Gasteiger charge is -2.12. The second-order valence-electron chi connectivity index (χ2n) is 5.46. The van der Waals surface area contributed by atoms with E-state index in [1.807, 2.05) is 0 Å². The van der Waals surface area contributed by atoms with E-state index in [1.165, 1.54) is 6.07 Å². The van der Waals surface area contributed by atoms with Crippen LogP contribution in [-0.2, 0) is 4.79 Å². The van der Waals surface area contributed by atoms with Gasteiger partial charge in [-0.3, -0.25) is 4.79 Å². The van der Waals surface area contributed by atoms with Crippen LogP contribution in [0.4, 0.5) is 8.78 Å². The molecule has 116 valence electrons. The van der Waals surface area contributed by atoms with Crippen molar-refractivity contribution in [1.29, 1.82) is 0 Å². The van der Waals surface area contributed by atoms with Crippen molar-refractivity contribution in [2.24, 2.45) is 5.41 Å². The third-order valence-corrected chi connectivity index (χ3v) is 3.65. The second kappa shape index (κ2) is 6.85. The Morgan fingerprint density at radius 1 is 1.38 bits per heavy atom. The van der Waals surface area contributed by atoms with Crippen LogP contribution in [0.25, 0.3) is 0 Å². The quantitative estimate of drug-likeness (QED) is 0.722. The van der Waals surface area contributed by atoms with Crippen LogP contribution < -0.4 is 10.1 Å². The molecule has 21 heavy (non-hydrogen) atoms. The molecule has 0 spiro atoms. The van der Waals surface area contributed by atoms with Crippen LogP contribution in [0.1, 0.15) is 25.7 Å². The summed E-state index contributed by atoms with van der Waals surface area (Å²) >= 11 is 0. The number of carbonyl (C=O) groups is 1. The second-order valence-corrected chi connectivity index (χ2v) is 5.46. The summed E-state index contributed by atoms with van der Waals surface area (Å²) in [5.74, 6) is -1.54. The average molecular weight is 299 g/mol. The predicted octanol–water partition coefficient (Wildman–Crippen LogP) is 2.01. The summed E-state index contributed by atoms with van der Waals surface area (Å²) in [6.45, 7) is 0.775. The summed E-state index contributed by atoms with van der Waals surface area (Å²) in [6.07, 6.45) is 2.59. The Bertz CT molecular complexity index is 504. The molecule has 1 aromatic carbocycles. The molecule has 1 aliphatic rings. The summed E-state index contributed by atoms with van der Waals surface area (Å²) in [6, 6.07) is 3.10. The molecule has 0 saturated heterocycles. The molecule has 0 aliphatic heterocycles. The molecule has 0 radical (unpaired) electrons. The van der Waals surface area contributed by atoms with Gasteiger partial charge in [-0.15, -0.1) is 0 Å². The van der Waals surface area contributed by atoms with Crippen LogP contribution in [0.5, 0.6) is 5.75 Å². The van der Waals surface area contributed by atoms with Gasteiger partial charge in [-0.25, -0.2) is 8.78 Å². The number of amides is 1. The van der Waals surface area contributed by atoms with E-state index in [0.717, 1.165) is 25.0 Å². The topological polar surface area (TPSA) is 58.6 Å². The zero-order valence-corrected chi connectivity index (χ0v) is 11.7. The van der Waals surface area contributed by atoms with Crippen molar-refractivity contribution in [2.75, 3.05) is 19.8 Å². The monoisotopic (exact) mass is 299 g/mol. The number of aliphatic hydroxyl groups is 1. The Hall–Kier alpha value is -1.69. The van der Waals surface area contributed by atoms with Crippen molar-refractivity contribution in [3.8, 4) is 5.75 Å². The summed E-state index contributed by atoms with van der Waals surface area (Å²) in [4.78, 5) is 11.6. The van der Waals surface area contributed by atoms with Gasteiger partial charge in [0, 0.05) is 24.4 Å². The first-order chi connectivity index (χ1) is 10.0. The van der Waals surface area contributed by atoms with E-state index in [4.69, 9.17) is 9.84 Å². The molecule has 0 heterocycles. The number of benzene rings is 1. The lowest BCUT2D eigenvalue weighted by atomic mass is 10.1. The SMILES string of the molecule is O=C(CCCOc1ccc(F)cc1F)NCC1(CO)CC1. The van der Waals surface area contributed by atoms with Crippen molar-refractivity contribution in [3.63, 3.8) is 0 Å². The molecule has 1 saturated carbocycles. The summed E-state index contributed by atoms with van der Waals surface area (Å²) < 4.78 is 31.1. The Kier molecular flexibility index (Phi) is 5.12. The number of nitrogens with one attached hydrogen (secondary N) is 1. The molecule has 1 fully saturated rings. The third-order valence-electron chi connectivity index (χ3n) is 3.65. The Morgan fingerprint density at radius 3 is 2.76 bits per heavy atom. The van der Waals surface area contributed by atoms with Gasteiger partial charge in [0.25, 0.3) is 0 Å². The first-order valence-electron chi connectivity index (χ1n) is 7.00. The Labute approximate surface area is 122 Å². The highest BCUT2D eigenvalue weighted by molar-refractivity contribution is 5.75. The summed E-state index contributed by atoms with van der Waals surface area (Å²) in [7, 11) is 0. The maximum absolute atomic E-state index is 13.3. The van der Waals surface area contributed by atoms with E-state index >= 15 is 0 Å². The van der Waals surface area contributed by atoms with Gasteiger partial charge in [0.05, 0.1) is 13.2 Å². The number of aliphatic hydroxyl groups excluding tert-OH is 1. The van der Waals surface area contributed by atoms with Crippen molar-refractivity contribution in [1.82, 2.24) is 5.32 Å². The van der Waals surface area contributed by atoms with Gasteiger partial charge < -0.3 is 15.2 Å². The number of hydrogen-bond acceptors (Lipinski definition) is 3. The molecule has 0 bridgehead atoms. The molecule has 2 rings (SSSR count). The molecule has 1 aliphatic carbocycles. The normalized spacial score (nSPS) is 15.6. The zero-order valence-electron chi connectivity index (χ0n) is 11.7. The van der Waals surface area contributed by atoms with Crippen molar-refractivity contribution in [2.45, 2.75) is 25.7 Å². The summed E-state index contributed by atoms with van der Waals surface area (Å²) in [5.41, 5.74) is -0.108. The van der Waals surface area contributed by atoms with Gasteiger partial charge in [0.1, 0.15) is 5.82 Å². The fourth-order valence-corrected chi connectivity index (χ4v) is 1.95. The van der Waals surface area contributed by atoms with Gasteiger partial charge in [0.15, 0.2) is 11.6 Å². The summed E-state index contributed by atoms with van der Waals surface area (Å²) in [5, 5.41) is 11.9. The molecule has 4 nitrogen and oxygen atoms in total. The van der Waals surface area contributed by atoms with Gasteiger partial charge in [-0.05, 0) is 31.4 Å². The van der Waals surface area contributed by atoms with Crippen LogP contribution in [0.15, 0.2) is 18.2 Å². The van der Waals surface area contributed by atoms with Crippen molar-refractivity contribution >= 4 is 5.91 Å². The molecule has 6 heteroatoms. The van der Waals surface area contributed by atoms with Crippen molar-refractivity contribution < 1.29 is 23.4 Å². The molecular weight excluding hydrogens is 280 g/mol. The first-order valence-corrected chi connectivity index (χ1v) is 7.00. The minimum absolute atomic E-state index is 0.0194. The maximum atomic E-state index is 13.3. The van der Waals surface area contributed by atoms with Gasteiger partial charge in [-0.1, -0.05) is 0 Å². The van der Waals surface area contributed by atoms with E-state index in [9.17, 15) is 13.6 Å². The van der Waals surface area contributed by atoms with E-state index in [-0.39, 0.29) is 36.7 Å². The number of hydrogen-bond donors (Lipinski definition) is 2. The van der Waals surface area contributed by atoms with E-state index in [1.54, 1.807) is 0 Å². The first kappa shape index (κ1) is 15.7. The number of carbonyl (C=O) groups excluding carboxylic acids is 1. The van der Waals surface area contributed by atoms with Crippen LogP contribution in [0.2, 0.25) is 0 Å². The van der Waals surface area contributed by atoms with Gasteiger partial charge in [0.2, 0.25) is 5.91 Å². The van der Waals surface area contributed by atoms with Gasteiger partial charge in [-0.2, -0.15) is 0 Å². The average Bonchev–Trinajstić information content (AvgIpc) is 3.24. The van der Waals surface area contributed by atoms with Crippen LogP contribution in [0, 0.1) is 17.0 Å². The van der Waals surface area contributed by atoms with E-state index in [2.05, 4.69) is 5.32 Å². The molecule has 0 unspecified atom stereocenters. The number of halogens is 2. The lowest BCUT2D eigenvalue weighted by molar-refractivity contribution is -0.121. The Morgan fingerprint density at radius 2 is 2.14 bits per heavy atom. The highest BCUT2D eigenvalue weighted by Gasteiger charge is 2.41. The highest BCUT2D eigenvalue weighted by Crippen LogP contribution is 2.44. The minimum atomic E-state index is -0.752. The smallest absolute Gasteiger partial charge is 0.220 e. The van der Waals surface area contributed by atoms with E-state index in [0.29, 0.717) is 13.0 Å². The van der Waals surface area contributed by atoms with Crippen LogP contribution >= 0.6 is 0 Å². The fraction of sp³-hybridized carbons (Fsp3) is 0.533. The maximum Gasteiger partial charge on any atom is 0.220 e. The highest BCUT2D eigenvalue weighted by atomic mass is 19.1. The Balaban J connectivity index is 1.62. The molecule has 0 aromatic heterocycles. The molecular formula is C15H19F2NO3. The minimum Gasteiger partial charge on any atom is -0.491 e. The number of rotatable bonds is 8. The largest absolute Gasteiger partial charge is 0.491 e. The van der Waals surface area contributed by atoms with Crippen LogP contribution in [-0.4, -0.2) is 30.8 Å². The standard InChI is InChI=1S/C15H19F2NO3/c16-11-3-4-13(12(17)8-11)21-7-1-2-14(20)18-9-15(10-19)5-6-15/h3-4,8,19H,1-2,5-7,9-10H2,(H,18,20). The molecule has 0 atom stereocenters. The molecule has 2 N–H and O–H groups in total. The molecule has 1 aromatic rings. The third kappa shape index (κ3) is 4.67.